The third-order valence-corrected chi connectivity index (χ3v) is 2.68. The third-order valence-electron chi connectivity index (χ3n) is 2.68. The number of carboxylic acids is 1. The Morgan fingerprint density at radius 1 is 1.12 bits per heavy atom. The molecule has 0 saturated carbocycles. The molecular weight excluding hydrogens is 208 g/mol. The van der Waals surface area contributed by atoms with Gasteiger partial charge in [0.1, 0.15) is 12.0 Å². The van der Waals surface area contributed by atoms with Crippen LogP contribution in [0.2, 0.25) is 0 Å². The molecule has 94 valence electrons. The van der Waals surface area contributed by atoms with Crippen molar-refractivity contribution < 1.29 is 19.4 Å². The largest absolute Gasteiger partial charge is 0.481 e. The number of carbonyl (C=O) groups excluding carboxylic acids is 1. The first-order valence-corrected chi connectivity index (χ1v) is 5.93. The molecule has 0 aliphatic carbocycles. The molecular formula is C12H22O4. The smallest absolute Gasteiger partial charge is 0.317 e. The van der Waals surface area contributed by atoms with E-state index in [1.165, 1.54) is 0 Å². The average Bonchev–Trinajstić information content (AvgIpc) is 2.16. The number of aliphatic carboxylic acids is 1. The predicted molar refractivity (Wildman–Crippen MR) is 61.2 cm³/mol. The molecule has 0 rings (SSSR count). The van der Waals surface area contributed by atoms with E-state index in [1.54, 1.807) is 0 Å². The van der Waals surface area contributed by atoms with Crippen LogP contribution < -0.4 is 0 Å². The van der Waals surface area contributed by atoms with Gasteiger partial charge in [-0.3, -0.25) is 9.59 Å². The second kappa shape index (κ2) is 7.25. The van der Waals surface area contributed by atoms with Crippen LogP contribution in [0, 0.1) is 0 Å². The number of hydrogen-bond acceptors (Lipinski definition) is 3. The van der Waals surface area contributed by atoms with E-state index in [0.29, 0.717) is 0 Å². The topological polar surface area (TPSA) is 63.6 Å². The van der Waals surface area contributed by atoms with Crippen LogP contribution in [-0.2, 0) is 14.3 Å². The summed E-state index contributed by atoms with van der Waals surface area (Å²) < 4.78 is 5.36. The summed E-state index contributed by atoms with van der Waals surface area (Å²) in [4.78, 5) is 21.8. The number of carboxylic acid groups (broad SMARTS) is 1. The van der Waals surface area contributed by atoms with Crippen molar-refractivity contribution in [3.05, 3.63) is 0 Å². The summed E-state index contributed by atoms with van der Waals surface area (Å²) in [5.74, 6) is -1.76. The summed E-state index contributed by atoms with van der Waals surface area (Å²) in [6.07, 6.45) is 3.63. The number of esters is 1. The molecule has 0 unspecified atom stereocenters. The Bertz CT molecular complexity index is 229. The minimum Gasteiger partial charge on any atom is -0.481 e. The number of carbonyl (C=O) groups is 2. The van der Waals surface area contributed by atoms with E-state index in [4.69, 9.17) is 9.84 Å². The van der Waals surface area contributed by atoms with E-state index in [-0.39, 0.29) is 0 Å². The summed E-state index contributed by atoms with van der Waals surface area (Å²) in [6.45, 7) is 6.04. The van der Waals surface area contributed by atoms with Crippen molar-refractivity contribution in [2.45, 2.75) is 64.9 Å². The van der Waals surface area contributed by atoms with Crippen LogP contribution in [0.1, 0.15) is 59.3 Å². The molecule has 0 aromatic carbocycles. The lowest BCUT2D eigenvalue weighted by Crippen LogP contribution is -2.35. The van der Waals surface area contributed by atoms with Gasteiger partial charge in [-0.15, -0.1) is 0 Å². The molecule has 0 heterocycles. The number of ether oxygens (including phenoxy) is 1. The zero-order valence-electron chi connectivity index (χ0n) is 10.4. The van der Waals surface area contributed by atoms with Crippen molar-refractivity contribution in [1.29, 1.82) is 0 Å². The molecule has 0 fully saturated rings. The molecule has 0 aromatic rings. The van der Waals surface area contributed by atoms with Gasteiger partial charge >= 0.3 is 11.9 Å². The van der Waals surface area contributed by atoms with Gasteiger partial charge in [0.05, 0.1) is 0 Å². The van der Waals surface area contributed by atoms with Gasteiger partial charge in [-0.05, 0) is 19.3 Å². The Kier molecular flexibility index (Phi) is 6.77. The highest BCUT2D eigenvalue weighted by Gasteiger charge is 2.31. The van der Waals surface area contributed by atoms with Gasteiger partial charge in [-0.1, -0.05) is 33.6 Å². The molecule has 0 atom stereocenters. The van der Waals surface area contributed by atoms with Crippen LogP contribution in [0.4, 0.5) is 0 Å². The van der Waals surface area contributed by atoms with Gasteiger partial charge in [0.2, 0.25) is 0 Å². The maximum atomic E-state index is 11.4. The van der Waals surface area contributed by atoms with E-state index >= 15 is 0 Å². The first-order valence-electron chi connectivity index (χ1n) is 5.93. The molecule has 0 aliphatic heterocycles. The highest BCUT2D eigenvalue weighted by molar-refractivity contribution is 5.90. The summed E-state index contributed by atoms with van der Waals surface area (Å²) in [5.41, 5.74) is -0.462. The average molecular weight is 230 g/mol. The van der Waals surface area contributed by atoms with Crippen molar-refractivity contribution in [2.75, 3.05) is 0 Å². The van der Waals surface area contributed by atoms with Gasteiger partial charge in [0.25, 0.3) is 0 Å². The fourth-order valence-corrected chi connectivity index (χ4v) is 1.97. The second-order valence-corrected chi connectivity index (χ2v) is 4.08. The van der Waals surface area contributed by atoms with Crippen LogP contribution in [0.3, 0.4) is 0 Å². The van der Waals surface area contributed by atoms with Crippen molar-refractivity contribution in [1.82, 2.24) is 0 Å². The minimum absolute atomic E-state index is 0.462. The van der Waals surface area contributed by atoms with E-state index in [0.717, 1.165) is 32.1 Å². The first kappa shape index (κ1) is 14.9. The monoisotopic (exact) mass is 230 g/mol. The fourth-order valence-electron chi connectivity index (χ4n) is 1.97. The summed E-state index contributed by atoms with van der Waals surface area (Å²) in [7, 11) is 0. The molecule has 0 amide bonds. The second-order valence-electron chi connectivity index (χ2n) is 4.08. The fraction of sp³-hybridized carbons (Fsp3) is 0.833. The first-order chi connectivity index (χ1) is 7.49. The summed E-state index contributed by atoms with van der Waals surface area (Å²) >= 11 is 0. The zero-order chi connectivity index (χ0) is 12.6. The van der Waals surface area contributed by atoms with E-state index in [2.05, 4.69) is 0 Å². The maximum Gasteiger partial charge on any atom is 0.317 e. The molecule has 0 aromatic heterocycles. The molecule has 16 heavy (non-hydrogen) atoms. The number of rotatable bonds is 8. The van der Waals surface area contributed by atoms with Gasteiger partial charge in [-0.25, -0.2) is 0 Å². The lowest BCUT2D eigenvalue weighted by atomic mass is 9.89. The summed E-state index contributed by atoms with van der Waals surface area (Å²) in [6, 6.07) is 0. The Morgan fingerprint density at radius 3 is 1.94 bits per heavy atom. The van der Waals surface area contributed by atoms with Crippen molar-refractivity contribution in [2.24, 2.45) is 0 Å². The van der Waals surface area contributed by atoms with Crippen LogP contribution >= 0.6 is 0 Å². The SMILES string of the molecule is CCCC(CC)(CCC)OC(=O)CC(=O)O. The van der Waals surface area contributed by atoms with E-state index in [1.807, 2.05) is 20.8 Å². The molecule has 0 saturated heterocycles. The quantitative estimate of drug-likeness (QED) is 0.514. The van der Waals surface area contributed by atoms with Crippen LogP contribution in [-0.4, -0.2) is 22.6 Å². The van der Waals surface area contributed by atoms with Gasteiger partial charge < -0.3 is 9.84 Å². The summed E-state index contributed by atoms with van der Waals surface area (Å²) in [5, 5.41) is 8.51. The molecule has 1 N–H and O–H groups in total. The third kappa shape index (κ3) is 5.14. The van der Waals surface area contributed by atoms with Crippen molar-refractivity contribution in [3.8, 4) is 0 Å². The van der Waals surface area contributed by atoms with Crippen LogP contribution in [0.5, 0.6) is 0 Å². The highest BCUT2D eigenvalue weighted by atomic mass is 16.6. The van der Waals surface area contributed by atoms with E-state index in [9.17, 15) is 9.59 Å². The highest BCUT2D eigenvalue weighted by Crippen LogP contribution is 2.28. The molecule has 0 bridgehead atoms. The van der Waals surface area contributed by atoms with Gasteiger partial charge in [0, 0.05) is 0 Å². The lowest BCUT2D eigenvalue weighted by Gasteiger charge is -2.32. The lowest BCUT2D eigenvalue weighted by molar-refractivity contribution is -0.165. The van der Waals surface area contributed by atoms with Crippen LogP contribution in [0.15, 0.2) is 0 Å². The van der Waals surface area contributed by atoms with Gasteiger partial charge in [0.15, 0.2) is 0 Å². The maximum absolute atomic E-state index is 11.4. The van der Waals surface area contributed by atoms with Crippen molar-refractivity contribution in [3.63, 3.8) is 0 Å². The van der Waals surface area contributed by atoms with Gasteiger partial charge in [-0.2, -0.15) is 0 Å². The Hall–Kier alpha value is -1.06. The minimum atomic E-state index is -1.14. The van der Waals surface area contributed by atoms with Crippen molar-refractivity contribution >= 4 is 11.9 Å². The normalized spacial score (nSPS) is 11.2. The van der Waals surface area contributed by atoms with Crippen LogP contribution in [0.25, 0.3) is 0 Å². The standard InChI is InChI=1S/C12H22O4/c1-4-7-12(6-3,8-5-2)16-11(15)9-10(13)14/h4-9H2,1-3H3,(H,13,14). The molecule has 4 nitrogen and oxygen atoms in total. The zero-order valence-corrected chi connectivity index (χ0v) is 10.4. The molecule has 4 heteroatoms. The Morgan fingerprint density at radius 2 is 1.62 bits per heavy atom. The molecule has 0 spiro atoms. The Labute approximate surface area is 97.0 Å². The predicted octanol–water partition coefficient (Wildman–Crippen LogP) is 2.75. The number of hydrogen-bond donors (Lipinski definition) is 1. The molecule has 0 radical (unpaired) electrons. The molecule has 0 aliphatic rings. The Balaban J connectivity index is 4.50. The van der Waals surface area contributed by atoms with E-state index < -0.39 is 24.0 Å².